The highest BCUT2D eigenvalue weighted by atomic mass is 35.5. The monoisotopic (exact) mass is 511 g/mol. The summed E-state index contributed by atoms with van der Waals surface area (Å²) in [6, 6.07) is 13.0. The van der Waals surface area contributed by atoms with Crippen molar-refractivity contribution >= 4 is 23.4 Å². The summed E-state index contributed by atoms with van der Waals surface area (Å²) in [4.78, 5) is 26.9. The van der Waals surface area contributed by atoms with Gasteiger partial charge in [0.1, 0.15) is 6.61 Å². The number of carbonyl (C=O) groups excluding carboxylic acids is 2. The first-order valence-electron chi connectivity index (χ1n) is 11.8. The Morgan fingerprint density at radius 1 is 1.03 bits per heavy atom. The van der Waals surface area contributed by atoms with E-state index in [4.69, 9.17) is 30.5 Å². The van der Waals surface area contributed by atoms with Gasteiger partial charge in [-0.25, -0.2) is 4.79 Å². The van der Waals surface area contributed by atoms with Crippen LogP contribution in [-0.2, 0) is 19.1 Å². The van der Waals surface area contributed by atoms with Crippen molar-refractivity contribution in [3.8, 4) is 11.5 Å². The molecule has 0 saturated carbocycles. The number of hydrogen-bond donors (Lipinski definition) is 1. The summed E-state index contributed by atoms with van der Waals surface area (Å²) >= 11 is 6.59. The van der Waals surface area contributed by atoms with E-state index in [0.717, 1.165) is 11.3 Å². The van der Waals surface area contributed by atoms with Crippen LogP contribution < -0.4 is 14.8 Å². The number of Topliss-reactive ketones (excluding diaryl/α,β-unsaturated/α-hetero) is 1. The molecule has 2 atom stereocenters. The summed E-state index contributed by atoms with van der Waals surface area (Å²) < 4.78 is 21.3. The van der Waals surface area contributed by atoms with E-state index in [-0.39, 0.29) is 24.9 Å². The molecule has 2 aliphatic rings. The first-order chi connectivity index (χ1) is 17.4. The zero-order valence-corrected chi connectivity index (χ0v) is 21.6. The van der Waals surface area contributed by atoms with E-state index in [1.807, 2.05) is 43.3 Å². The number of esters is 1. The van der Waals surface area contributed by atoms with Crippen molar-refractivity contribution in [2.45, 2.75) is 31.6 Å². The van der Waals surface area contributed by atoms with E-state index >= 15 is 0 Å². The van der Waals surface area contributed by atoms with Crippen LogP contribution in [0.15, 0.2) is 65.0 Å². The topological polar surface area (TPSA) is 83.1 Å². The van der Waals surface area contributed by atoms with Gasteiger partial charge in [0.25, 0.3) is 0 Å². The van der Waals surface area contributed by atoms with Crippen LogP contribution in [0.25, 0.3) is 0 Å². The molecule has 1 aliphatic heterocycles. The summed E-state index contributed by atoms with van der Waals surface area (Å²) in [6.07, 6.45) is 0.892. The highest BCUT2D eigenvalue weighted by Gasteiger charge is 2.42. The first kappa shape index (κ1) is 25.8. The SMILES string of the molecule is COCCOC(=O)C1=C(C)NC2=C(C(=O)C[C@@H](c3ccc(OC)c(OC)c3)C2)[C@@H]1c1ccccc1Cl. The van der Waals surface area contributed by atoms with E-state index in [9.17, 15) is 9.59 Å². The molecule has 0 radical (unpaired) electrons. The van der Waals surface area contributed by atoms with E-state index < -0.39 is 11.9 Å². The van der Waals surface area contributed by atoms with E-state index in [2.05, 4.69) is 5.32 Å². The summed E-state index contributed by atoms with van der Waals surface area (Å²) in [5.41, 5.74) is 4.06. The molecule has 0 saturated heterocycles. The summed E-state index contributed by atoms with van der Waals surface area (Å²) in [5, 5.41) is 3.83. The number of allylic oxidation sites excluding steroid dienone is 3. The van der Waals surface area contributed by atoms with Gasteiger partial charge in [0.2, 0.25) is 0 Å². The highest BCUT2D eigenvalue weighted by molar-refractivity contribution is 6.31. The van der Waals surface area contributed by atoms with Crippen molar-refractivity contribution in [3.63, 3.8) is 0 Å². The van der Waals surface area contributed by atoms with Crippen LogP contribution in [0, 0.1) is 0 Å². The van der Waals surface area contributed by atoms with Gasteiger partial charge in [0.15, 0.2) is 17.3 Å². The Morgan fingerprint density at radius 2 is 1.78 bits per heavy atom. The fourth-order valence-electron chi connectivity index (χ4n) is 4.97. The van der Waals surface area contributed by atoms with Crippen molar-refractivity contribution in [3.05, 3.63) is 81.2 Å². The Labute approximate surface area is 216 Å². The molecule has 0 bridgehead atoms. The molecule has 0 unspecified atom stereocenters. The van der Waals surface area contributed by atoms with Crippen molar-refractivity contribution in [1.82, 2.24) is 5.32 Å². The lowest BCUT2D eigenvalue weighted by Crippen LogP contribution is -2.36. The number of nitrogens with one attached hydrogen (secondary N) is 1. The largest absolute Gasteiger partial charge is 0.493 e. The van der Waals surface area contributed by atoms with Crippen LogP contribution in [0.2, 0.25) is 5.02 Å². The van der Waals surface area contributed by atoms with Crippen molar-refractivity contribution < 1.29 is 28.5 Å². The average Bonchev–Trinajstić information content (AvgIpc) is 2.87. The molecule has 8 heteroatoms. The van der Waals surface area contributed by atoms with Gasteiger partial charge < -0.3 is 24.3 Å². The van der Waals surface area contributed by atoms with E-state index in [0.29, 0.717) is 51.8 Å². The Balaban J connectivity index is 1.75. The van der Waals surface area contributed by atoms with E-state index in [1.54, 1.807) is 27.4 Å². The number of ketones is 1. The van der Waals surface area contributed by atoms with Gasteiger partial charge in [0.05, 0.1) is 26.4 Å². The normalized spacial score (nSPS) is 19.5. The molecule has 0 amide bonds. The second-order valence-corrected chi connectivity index (χ2v) is 9.19. The molecule has 1 N–H and O–H groups in total. The van der Waals surface area contributed by atoms with Crippen LogP contribution in [0.1, 0.15) is 42.7 Å². The third kappa shape index (κ3) is 4.99. The minimum atomic E-state index is -0.621. The minimum Gasteiger partial charge on any atom is -0.493 e. The average molecular weight is 512 g/mol. The summed E-state index contributed by atoms with van der Waals surface area (Å²) in [6.45, 7) is 2.22. The summed E-state index contributed by atoms with van der Waals surface area (Å²) in [7, 11) is 4.72. The maximum absolute atomic E-state index is 13.7. The van der Waals surface area contributed by atoms with Crippen molar-refractivity contribution in [2.24, 2.45) is 0 Å². The standard InChI is InChI=1S/C28H30ClNO6/c1-16-25(28(32)36-12-11-33-2)26(19-7-5-6-8-20(19)29)27-21(30-16)13-18(14-22(27)31)17-9-10-23(34-3)24(15-17)35-4/h5-10,15,18,26,30H,11-14H2,1-4H3/t18-,26+/m0/s1. The van der Waals surface area contributed by atoms with Gasteiger partial charge in [-0.2, -0.15) is 0 Å². The Kier molecular flexibility index (Phi) is 8.01. The third-order valence-electron chi connectivity index (χ3n) is 6.66. The number of rotatable bonds is 8. The lowest BCUT2D eigenvalue weighted by molar-refractivity contribution is -0.140. The zero-order chi connectivity index (χ0) is 25.8. The lowest BCUT2D eigenvalue weighted by Gasteiger charge is -2.37. The third-order valence-corrected chi connectivity index (χ3v) is 7.01. The number of hydrogen-bond acceptors (Lipinski definition) is 7. The molecule has 2 aromatic carbocycles. The Morgan fingerprint density at radius 3 is 2.47 bits per heavy atom. The predicted octanol–water partition coefficient (Wildman–Crippen LogP) is 4.91. The molecule has 2 aromatic rings. The predicted molar refractivity (Wildman–Crippen MR) is 136 cm³/mol. The van der Waals surface area contributed by atoms with Crippen molar-refractivity contribution in [2.75, 3.05) is 34.5 Å². The Hall–Kier alpha value is -3.29. The van der Waals surface area contributed by atoms with Crippen LogP contribution in [0.5, 0.6) is 11.5 Å². The van der Waals surface area contributed by atoms with Crippen LogP contribution in [-0.4, -0.2) is 46.3 Å². The molecule has 1 heterocycles. The summed E-state index contributed by atoms with van der Waals surface area (Å²) in [5.74, 6) is 0.0343. The number of dihydropyridines is 1. The quantitative estimate of drug-likeness (QED) is 0.398. The van der Waals surface area contributed by atoms with Gasteiger partial charge in [-0.05, 0) is 48.6 Å². The van der Waals surface area contributed by atoms with Gasteiger partial charge in [-0.1, -0.05) is 35.9 Å². The van der Waals surface area contributed by atoms with Gasteiger partial charge in [0, 0.05) is 41.4 Å². The fraction of sp³-hybridized carbons (Fsp3) is 0.357. The van der Waals surface area contributed by atoms with E-state index in [1.165, 1.54) is 0 Å². The van der Waals surface area contributed by atoms with Gasteiger partial charge in [-0.15, -0.1) is 0 Å². The molecule has 36 heavy (non-hydrogen) atoms. The number of benzene rings is 2. The number of halogens is 1. The molecule has 1 aliphatic carbocycles. The lowest BCUT2D eigenvalue weighted by atomic mass is 9.71. The zero-order valence-electron chi connectivity index (χ0n) is 20.9. The van der Waals surface area contributed by atoms with Gasteiger partial charge >= 0.3 is 5.97 Å². The minimum absolute atomic E-state index is 0.0388. The Bertz CT molecular complexity index is 1230. The molecular formula is C28H30ClNO6. The molecular weight excluding hydrogens is 482 g/mol. The second kappa shape index (κ2) is 11.2. The van der Waals surface area contributed by atoms with Crippen LogP contribution >= 0.6 is 11.6 Å². The molecule has 190 valence electrons. The molecule has 0 fully saturated rings. The van der Waals surface area contributed by atoms with Crippen LogP contribution in [0.4, 0.5) is 0 Å². The molecule has 0 spiro atoms. The molecule has 7 nitrogen and oxygen atoms in total. The van der Waals surface area contributed by atoms with Crippen molar-refractivity contribution in [1.29, 1.82) is 0 Å². The maximum Gasteiger partial charge on any atom is 0.336 e. The number of carbonyl (C=O) groups is 2. The molecule has 4 rings (SSSR count). The molecule has 0 aromatic heterocycles. The smallest absolute Gasteiger partial charge is 0.336 e. The number of methoxy groups -OCH3 is 3. The first-order valence-corrected chi connectivity index (χ1v) is 12.1. The number of ether oxygens (including phenoxy) is 4. The fourth-order valence-corrected chi connectivity index (χ4v) is 5.21. The highest BCUT2D eigenvalue weighted by Crippen LogP contribution is 2.47. The van der Waals surface area contributed by atoms with Gasteiger partial charge in [-0.3, -0.25) is 4.79 Å². The second-order valence-electron chi connectivity index (χ2n) is 8.78. The van der Waals surface area contributed by atoms with Crippen LogP contribution in [0.3, 0.4) is 0 Å². The maximum atomic E-state index is 13.7.